The molecule has 0 saturated heterocycles. The number of hydrogen-bond acceptors (Lipinski definition) is 4. The number of rotatable bonds is 4. The van der Waals surface area contributed by atoms with Gasteiger partial charge in [-0.15, -0.1) is 0 Å². The second-order valence-electron chi connectivity index (χ2n) is 5.70. The molecular formula is C15H14N2O5. The van der Waals surface area contributed by atoms with Gasteiger partial charge in [-0.05, 0) is 31.0 Å². The van der Waals surface area contributed by atoms with Crippen molar-refractivity contribution >= 4 is 23.7 Å². The first-order valence-corrected chi connectivity index (χ1v) is 6.84. The van der Waals surface area contributed by atoms with Gasteiger partial charge in [-0.1, -0.05) is 0 Å². The zero-order chi connectivity index (χ0) is 16.1. The fourth-order valence-corrected chi connectivity index (χ4v) is 2.47. The molecule has 0 unspecified atom stereocenters. The summed E-state index contributed by atoms with van der Waals surface area (Å²) in [6.45, 7) is 0.0605. The monoisotopic (exact) mass is 302 g/mol. The molecule has 1 aromatic rings. The van der Waals surface area contributed by atoms with Gasteiger partial charge in [-0.3, -0.25) is 24.1 Å². The lowest BCUT2D eigenvalue weighted by Crippen LogP contribution is -2.34. The van der Waals surface area contributed by atoms with Crippen molar-refractivity contribution in [3.8, 4) is 0 Å². The molecule has 7 heteroatoms. The number of imide groups is 1. The number of nitrogens with zero attached hydrogens (tertiary/aromatic N) is 1. The summed E-state index contributed by atoms with van der Waals surface area (Å²) in [6, 6.07) is 4.27. The second-order valence-corrected chi connectivity index (χ2v) is 5.70. The molecule has 114 valence electrons. The van der Waals surface area contributed by atoms with E-state index in [1.807, 2.05) is 0 Å². The minimum Gasteiger partial charge on any atom is -0.481 e. The molecule has 3 amide bonds. The van der Waals surface area contributed by atoms with Crippen molar-refractivity contribution in [2.24, 2.45) is 5.41 Å². The Morgan fingerprint density at radius 1 is 1.23 bits per heavy atom. The molecule has 1 aromatic carbocycles. The third-order valence-electron chi connectivity index (χ3n) is 4.25. The van der Waals surface area contributed by atoms with Gasteiger partial charge in [0.25, 0.3) is 17.7 Å². The van der Waals surface area contributed by atoms with E-state index in [0.717, 1.165) is 4.90 Å². The summed E-state index contributed by atoms with van der Waals surface area (Å²) in [5.74, 6) is -2.21. The highest BCUT2D eigenvalue weighted by molar-refractivity contribution is 6.21. The minimum absolute atomic E-state index is 0.0605. The van der Waals surface area contributed by atoms with Crippen LogP contribution in [0.3, 0.4) is 0 Å². The Morgan fingerprint density at radius 2 is 1.86 bits per heavy atom. The predicted molar refractivity (Wildman–Crippen MR) is 74.5 cm³/mol. The van der Waals surface area contributed by atoms with E-state index < -0.39 is 29.1 Å². The molecule has 1 aliphatic carbocycles. The van der Waals surface area contributed by atoms with E-state index in [9.17, 15) is 19.2 Å². The number of fused-ring (bicyclic) bond motifs is 1. The van der Waals surface area contributed by atoms with Crippen LogP contribution < -0.4 is 5.32 Å². The smallest absolute Gasteiger partial charge is 0.311 e. The molecule has 0 radical (unpaired) electrons. The predicted octanol–water partition coefficient (Wildman–Crippen LogP) is 0.507. The molecule has 2 N–H and O–H groups in total. The van der Waals surface area contributed by atoms with Crippen LogP contribution in [0.1, 0.15) is 43.9 Å². The van der Waals surface area contributed by atoms with E-state index in [1.165, 1.54) is 25.2 Å². The van der Waals surface area contributed by atoms with Crippen molar-refractivity contribution in [2.75, 3.05) is 13.6 Å². The summed E-state index contributed by atoms with van der Waals surface area (Å²) in [7, 11) is 1.38. The fourth-order valence-electron chi connectivity index (χ4n) is 2.47. The Hall–Kier alpha value is -2.70. The Labute approximate surface area is 125 Å². The van der Waals surface area contributed by atoms with Gasteiger partial charge in [0.2, 0.25) is 0 Å². The Balaban J connectivity index is 1.77. The fraction of sp³-hybridized carbons (Fsp3) is 0.333. The van der Waals surface area contributed by atoms with Gasteiger partial charge in [-0.2, -0.15) is 0 Å². The summed E-state index contributed by atoms with van der Waals surface area (Å²) in [5.41, 5.74) is -0.151. The van der Waals surface area contributed by atoms with Crippen LogP contribution in [0.2, 0.25) is 0 Å². The van der Waals surface area contributed by atoms with Gasteiger partial charge in [0, 0.05) is 19.2 Å². The average molecular weight is 302 g/mol. The van der Waals surface area contributed by atoms with E-state index >= 15 is 0 Å². The van der Waals surface area contributed by atoms with E-state index in [4.69, 9.17) is 5.11 Å². The highest BCUT2D eigenvalue weighted by atomic mass is 16.4. The Kier molecular flexibility index (Phi) is 3.01. The molecule has 0 atom stereocenters. The van der Waals surface area contributed by atoms with Crippen LogP contribution in [0, 0.1) is 5.41 Å². The molecule has 0 spiro atoms. The zero-order valence-electron chi connectivity index (χ0n) is 11.9. The number of nitrogens with one attached hydrogen (secondary N) is 1. The summed E-state index contributed by atoms with van der Waals surface area (Å²) >= 11 is 0. The van der Waals surface area contributed by atoms with Crippen LogP contribution in [-0.4, -0.2) is 47.3 Å². The molecule has 0 bridgehead atoms. The second kappa shape index (κ2) is 4.66. The molecule has 1 saturated carbocycles. The van der Waals surface area contributed by atoms with Crippen molar-refractivity contribution in [2.45, 2.75) is 12.8 Å². The highest BCUT2D eigenvalue weighted by Crippen LogP contribution is 2.45. The molecule has 3 rings (SSSR count). The number of aliphatic carboxylic acids is 1. The van der Waals surface area contributed by atoms with Crippen LogP contribution in [0.25, 0.3) is 0 Å². The number of carbonyl (C=O) groups is 4. The van der Waals surface area contributed by atoms with E-state index in [0.29, 0.717) is 12.8 Å². The van der Waals surface area contributed by atoms with Crippen LogP contribution in [0.4, 0.5) is 0 Å². The van der Waals surface area contributed by atoms with Gasteiger partial charge >= 0.3 is 5.97 Å². The number of carboxylic acids is 1. The maximum Gasteiger partial charge on any atom is 0.311 e. The minimum atomic E-state index is -0.913. The van der Waals surface area contributed by atoms with Crippen molar-refractivity contribution < 1.29 is 24.3 Å². The number of amides is 3. The molecule has 0 aromatic heterocycles. The van der Waals surface area contributed by atoms with E-state index in [2.05, 4.69) is 5.32 Å². The highest BCUT2D eigenvalue weighted by Gasteiger charge is 2.50. The maximum absolute atomic E-state index is 12.1. The lowest BCUT2D eigenvalue weighted by molar-refractivity contribution is -0.143. The summed E-state index contributed by atoms with van der Waals surface area (Å²) in [4.78, 5) is 47.8. The first-order chi connectivity index (χ1) is 10.4. The molecule has 1 heterocycles. The first kappa shape index (κ1) is 14.2. The van der Waals surface area contributed by atoms with Crippen LogP contribution >= 0.6 is 0 Å². The third-order valence-corrected chi connectivity index (χ3v) is 4.25. The number of benzene rings is 1. The molecule has 7 nitrogen and oxygen atoms in total. The third kappa shape index (κ3) is 2.05. The van der Waals surface area contributed by atoms with Crippen molar-refractivity contribution in [3.05, 3.63) is 34.9 Å². The first-order valence-electron chi connectivity index (χ1n) is 6.84. The largest absolute Gasteiger partial charge is 0.481 e. The van der Waals surface area contributed by atoms with Crippen LogP contribution in [0.15, 0.2) is 18.2 Å². The lowest BCUT2D eigenvalue weighted by Gasteiger charge is -2.11. The van der Waals surface area contributed by atoms with Gasteiger partial charge in [0.05, 0.1) is 16.5 Å². The summed E-state index contributed by atoms with van der Waals surface area (Å²) in [6.07, 6.45) is 1.09. The summed E-state index contributed by atoms with van der Waals surface area (Å²) < 4.78 is 0. The van der Waals surface area contributed by atoms with Crippen LogP contribution in [0.5, 0.6) is 0 Å². The van der Waals surface area contributed by atoms with Gasteiger partial charge in [-0.25, -0.2) is 0 Å². The van der Waals surface area contributed by atoms with Crippen LogP contribution in [-0.2, 0) is 4.79 Å². The lowest BCUT2D eigenvalue weighted by atomic mass is 10.0. The molecule has 1 aliphatic heterocycles. The maximum atomic E-state index is 12.1. The number of carboxylic acid groups (broad SMARTS) is 1. The quantitative estimate of drug-likeness (QED) is 0.789. The van der Waals surface area contributed by atoms with E-state index in [1.54, 1.807) is 0 Å². The van der Waals surface area contributed by atoms with Crippen molar-refractivity contribution in [1.29, 1.82) is 0 Å². The molecule has 1 fully saturated rings. The van der Waals surface area contributed by atoms with E-state index in [-0.39, 0.29) is 23.2 Å². The summed E-state index contributed by atoms with van der Waals surface area (Å²) in [5, 5.41) is 11.7. The number of carbonyl (C=O) groups excluding carboxylic acids is 3. The van der Waals surface area contributed by atoms with Gasteiger partial charge in [0.15, 0.2) is 0 Å². The van der Waals surface area contributed by atoms with Crippen molar-refractivity contribution in [1.82, 2.24) is 10.2 Å². The number of hydrogen-bond donors (Lipinski definition) is 2. The standard InChI is InChI=1S/C15H14N2O5/c1-17-12(19)9-3-2-8(6-10(9)13(17)20)11(18)16-7-15(4-5-15)14(21)22/h2-3,6H,4-5,7H2,1H3,(H,16,18)(H,21,22). The molecule has 22 heavy (non-hydrogen) atoms. The van der Waals surface area contributed by atoms with Gasteiger partial charge in [0.1, 0.15) is 0 Å². The molecule has 2 aliphatic rings. The topological polar surface area (TPSA) is 104 Å². The Morgan fingerprint density at radius 3 is 2.45 bits per heavy atom. The molecular weight excluding hydrogens is 288 g/mol. The zero-order valence-corrected chi connectivity index (χ0v) is 11.9. The van der Waals surface area contributed by atoms with Gasteiger partial charge < -0.3 is 10.4 Å². The average Bonchev–Trinajstić information content (AvgIpc) is 3.27. The Bertz CT molecular complexity index is 721. The normalized spacial score (nSPS) is 18.1. The SMILES string of the molecule is CN1C(=O)c2ccc(C(=O)NCC3(C(=O)O)CC3)cc2C1=O. The van der Waals surface area contributed by atoms with Crippen molar-refractivity contribution in [3.63, 3.8) is 0 Å².